The highest BCUT2D eigenvalue weighted by Gasteiger charge is 2.40. The molecule has 0 spiro atoms. The van der Waals surface area contributed by atoms with Crippen LogP contribution in [0.4, 0.5) is 0 Å². The van der Waals surface area contributed by atoms with Gasteiger partial charge in [-0.15, -0.1) is 0 Å². The number of aliphatic hydroxyl groups is 1. The molecule has 0 radical (unpaired) electrons. The summed E-state index contributed by atoms with van der Waals surface area (Å²) in [6.07, 6.45) is 4.85. The number of fused-ring (bicyclic) bond motifs is 1. The van der Waals surface area contributed by atoms with Gasteiger partial charge in [0.2, 0.25) is 0 Å². The third kappa shape index (κ3) is 1.55. The van der Waals surface area contributed by atoms with Crippen LogP contribution in [0.15, 0.2) is 36.5 Å². The van der Waals surface area contributed by atoms with E-state index in [2.05, 4.69) is 24.0 Å². The Morgan fingerprint density at radius 3 is 2.88 bits per heavy atom. The van der Waals surface area contributed by atoms with Crippen LogP contribution in [-0.4, -0.2) is 10.1 Å². The number of aromatic nitrogens is 1. The number of benzene rings is 1. The standard InChI is InChI=1S/C15H17NO/c1-11-5-3-9-15(11,17)13-8-2-6-12-7-4-10-16-14(12)13/h2,4,6-8,10-11,17H,3,5,9H2,1H3. The van der Waals surface area contributed by atoms with E-state index < -0.39 is 5.60 Å². The summed E-state index contributed by atoms with van der Waals surface area (Å²) >= 11 is 0. The van der Waals surface area contributed by atoms with E-state index in [4.69, 9.17) is 0 Å². The minimum absolute atomic E-state index is 0.315. The van der Waals surface area contributed by atoms with Crippen molar-refractivity contribution in [2.75, 3.05) is 0 Å². The smallest absolute Gasteiger partial charge is 0.0942 e. The summed E-state index contributed by atoms with van der Waals surface area (Å²) in [6, 6.07) is 10.1. The average Bonchev–Trinajstić information content (AvgIpc) is 2.70. The minimum Gasteiger partial charge on any atom is -0.385 e. The molecule has 1 aliphatic carbocycles. The summed E-state index contributed by atoms with van der Waals surface area (Å²) in [6.45, 7) is 2.13. The fourth-order valence-corrected chi connectivity index (χ4v) is 3.02. The first kappa shape index (κ1) is 10.7. The van der Waals surface area contributed by atoms with Crippen molar-refractivity contribution in [3.8, 4) is 0 Å². The number of rotatable bonds is 1. The number of nitrogens with zero attached hydrogens (tertiary/aromatic N) is 1. The number of para-hydroxylation sites is 1. The van der Waals surface area contributed by atoms with Gasteiger partial charge in [0.15, 0.2) is 0 Å². The molecular weight excluding hydrogens is 210 g/mol. The molecule has 17 heavy (non-hydrogen) atoms. The lowest BCUT2D eigenvalue weighted by Gasteiger charge is -2.29. The Hall–Kier alpha value is -1.41. The molecule has 1 heterocycles. The molecule has 0 saturated heterocycles. The van der Waals surface area contributed by atoms with E-state index in [9.17, 15) is 5.11 Å². The Bertz CT molecular complexity index is 546. The fourth-order valence-electron chi connectivity index (χ4n) is 3.02. The van der Waals surface area contributed by atoms with Crippen LogP contribution < -0.4 is 0 Å². The second kappa shape index (κ2) is 3.81. The largest absolute Gasteiger partial charge is 0.385 e. The van der Waals surface area contributed by atoms with Crippen LogP contribution in [0.25, 0.3) is 10.9 Å². The summed E-state index contributed by atoms with van der Waals surface area (Å²) in [7, 11) is 0. The van der Waals surface area contributed by atoms with Crippen molar-refractivity contribution in [2.24, 2.45) is 5.92 Å². The third-order valence-electron chi connectivity index (χ3n) is 4.11. The molecule has 0 aliphatic heterocycles. The summed E-state index contributed by atoms with van der Waals surface area (Å²) in [4.78, 5) is 4.45. The maximum absolute atomic E-state index is 10.9. The monoisotopic (exact) mass is 227 g/mol. The van der Waals surface area contributed by atoms with Gasteiger partial charge >= 0.3 is 0 Å². The highest BCUT2D eigenvalue weighted by atomic mass is 16.3. The maximum Gasteiger partial charge on any atom is 0.0942 e. The molecule has 1 aromatic heterocycles. The predicted molar refractivity (Wildman–Crippen MR) is 68.7 cm³/mol. The highest BCUT2D eigenvalue weighted by Crippen LogP contribution is 2.44. The Labute approximate surface area is 101 Å². The van der Waals surface area contributed by atoms with Crippen molar-refractivity contribution < 1.29 is 5.11 Å². The minimum atomic E-state index is -0.687. The molecule has 2 heteroatoms. The van der Waals surface area contributed by atoms with Crippen molar-refractivity contribution in [3.05, 3.63) is 42.1 Å². The van der Waals surface area contributed by atoms with Crippen molar-refractivity contribution in [1.29, 1.82) is 0 Å². The average molecular weight is 227 g/mol. The van der Waals surface area contributed by atoms with E-state index in [-0.39, 0.29) is 0 Å². The number of hydrogen-bond acceptors (Lipinski definition) is 2. The Balaban J connectivity index is 2.24. The van der Waals surface area contributed by atoms with Crippen molar-refractivity contribution >= 4 is 10.9 Å². The van der Waals surface area contributed by atoms with E-state index in [0.717, 1.165) is 35.7 Å². The van der Waals surface area contributed by atoms with Crippen LogP contribution in [0.2, 0.25) is 0 Å². The molecule has 1 aliphatic rings. The topological polar surface area (TPSA) is 33.1 Å². The first-order chi connectivity index (χ1) is 8.22. The molecule has 88 valence electrons. The van der Waals surface area contributed by atoms with Crippen LogP contribution in [0.3, 0.4) is 0 Å². The van der Waals surface area contributed by atoms with E-state index in [1.165, 1.54) is 0 Å². The van der Waals surface area contributed by atoms with Crippen molar-refractivity contribution in [1.82, 2.24) is 4.98 Å². The van der Waals surface area contributed by atoms with Crippen LogP contribution >= 0.6 is 0 Å². The molecule has 2 aromatic rings. The third-order valence-corrected chi connectivity index (χ3v) is 4.11. The molecular formula is C15H17NO. The highest BCUT2D eigenvalue weighted by molar-refractivity contribution is 5.82. The van der Waals surface area contributed by atoms with Gasteiger partial charge in [-0.2, -0.15) is 0 Å². The van der Waals surface area contributed by atoms with E-state index in [0.29, 0.717) is 5.92 Å². The van der Waals surface area contributed by atoms with Crippen LogP contribution in [0.1, 0.15) is 31.7 Å². The summed E-state index contributed by atoms with van der Waals surface area (Å²) < 4.78 is 0. The normalized spacial score (nSPS) is 28.7. The lowest BCUT2D eigenvalue weighted by molar-refractivity contribution is 0.00577. The van der Waals surface area contributed by atoms with E-state index in [1.54, 1.807) is 6.20 Å². The first-order valence-electron chi connectivity index (χ1n) is 6.28. The second-order valence-corrected chi connectivity index (χ2v) is 5.10. The summed E-state index contributed by atoms with van der Waals surface area (Å²) in [5.41, 5.74) is 1.26. The van der Waals surface area contributed by atoms with Gasteiger partial charge in [-0.3, -0.25) is 4.98 Å². The molecule has 0 bridgehead atoms. The number of hydrogen-bond donors (Lipinski definition) is 1. The molecule has 1 aromatic carbocycles. The Kier molecular flexibility index (Phi) is 2.40. The zero-order chi connectivity index (χ0) is 11.9. The SMILES string of the molecule is CC1CCCC1(O)c1cccc2cccnc12. The lowest BCUT2D eigenvalue weighted by Crippen LogP contribution is -2.28. The van der Waals surface area contributed by atoms with E-state index >= 15 is 0 Å². The maximum atomic E-state index is 10.9. The van der Waals surface area contributed by atoms with Gasteiger partial charge < -0.3 is 5.11 Å². The Morgan fingerprint density at radius 1 is 1.29 bits per heavy atom. The first-order valence-corrected chi connectivity index (χ1v) is 6.28. The second-order valence-electron chi connectivity index (χ2n) is 5.10. The molecule has 2 nitrogen and oxygen atoms in total. The zero-order valence-electron chi connectivity index (χ0n) is 10.1. The Morgan fingerprint density at radius 2 is 2.12 bits per heavy atom. The van der Waals surface area contributed by atoms with E-state index in [1.807, 2.05) is 18.2 Å². The fraction of sp³-hybridized carbons (Fsp3) is 0.400. The lowest BCUT2D eigenvalue weighted by atomic mass is 9.84. The molecule has 0 amide bonds. The van der Waals surface area contributed by atoms with Gasteiger partial charge in [-0.05, 0) is 31.2 Å². The zero-order valence-corrected chi connectivity index (χ0v) is 10.1. The number of pyridine rings is 1. The van der Waals surface area contributed by atoms with Crippen LogP contribution in [-0.2, 0) is 5.60 Å². The summed E-state index contributed by atoms with van der Waals surface area (Å²) in [5.74, 6) is 0.315. The van der Waals surface area contributed by atoms with Crippen molar-refractivity contribution in [3.63, 3.8) is 0 Å². The molecule has 2 atom stereocenters. The molecule has 3 rings (SSSR count). The van der Waals surface area contributed by atoms with Gasteiger partial charge in [0.1, 0.15) is 0 Å². The summed E-state index contributed by atoms with van der Waals surface area (Å²) in [5, 5.41) is 12.0. The van der Waals surface area contributed by atoms with Gasteiger partial charge in [0.25, 0.3) is 0 Å². The van der Waals surface area contributed by atoms with Crippen LogP contribution in [0.5, 0.6) is 0 Å². The quantitative estimate of drug-likeness (QED) is 0.811. The molecule has 2 unspecified atom stereocenters. The van der Waals surface area contributed by atoms with Gasteiger partial charge in [-0.1, -0.05) is 31.2 Å². The van der Waals surface area contributed by atoms with Gasteiger partial charge in [0, 0.05) is 17.1 Å². The van der Waals surface area contributed by atoms with Crippen molar-refractivity contribution in [2.45, 2.75) is 31.8 Å². The van der Waals surface area contributed by atoms with Crippen LogP contribution in [0, 0.1) is 5.92 Å². The molecule has 1 N–H and O–H groups in total. The predicted octanol–water partition coefficient (Wildman–Crippen LogP) is 3.24. The van der Waals surface area contributed by atoms with Gasteiger partial charge in [0.05, 0.1) is 11.1 Å². The van der Waals surface area contributed by atoms with Gasteiger partial charge in [-0.25, -0.2) is 0 Å². The molecule has 1 fully saturated rings. The molecule has 1 saturated carbocycles.